The molecule has 0 amide bonds. The summed E-state index contributed by atoms with van der Waals surface area (Å²) in [5.41, 5.74) is 0. The largest absolute Gasteiger partial charge is 0.312 e. The van der Waals surface area contributed by atoms with Crippen molar-refractivity contribution in [2.45, 2.75) is 50.4 Å². The van der Waals surface area contributed by atoms with Crippen molar-refractivity contribution in [1.82, 2.24) is 20.0 Å². The quantitative estimate of drug-likeness (QED) is 0.809. The van der Waals surface area contributed by atoms with Gasteiger partial charge >= 0.3 is 0 Å². The molecule has 4 heterocycles. The molecule has 4 fully saturated rings. The highest BCUT2D eigenvalue weighted by Gasteiger charge is 2.42. The van der Waals surface area contributed by atoms with E-state index in [2.05, 4.69) is 34.0 Å². The fourth-order valence-corrected chi connectivity index (χ4v) is 5.21. The van der Waals surface area contributed by atoms with Gasteiger partial charge in [0.25, 0.3) is 0 Å². The Morgan fingerprint density at radius 2 is 1.95 bits per heavy atom. The molecule has 0 aromatic heterocycles. The van der Waals surface area contributed by atoms with Crippen molar-refractivity contribution in [3.63, 3.8) is 0 Å². The standard InChI is InChI=1S/C16H30N4/c1-12(20-10-13-3-6-17-14(13)11-20)9-19-8-5-15-16(19)4-7-18(15)2/h12-17H,3-11H2,1-2H3. The summed E-state index contributed by atoms with van der Waals surface area (Å²) >= 11 is 0. The van der Waals surface area contributed by atoms with Crippen molar-refractivity contribution in [2.75, 3.05) is 46.3 Å². The van der Waals surface area contributed by atoms with Crippen molar-refractivity contribution in [3.8, 4) is 0 Å². The predicted octanol–water partition coefficient (Wildman–Crippen LogP) is 0.447. The van der Waals surface area contributed by atoms with Crippen molar-refractivity contribution in [2.24, 2.45) is 5.92 Å². The molecule has 114 valence electrons. The van der Waals surface area contributed by atoms with Gasteiger partial charge in [-0.15, -0.1) is 0 Å². The molecule has 0 aromatic carbocycles. The lowest BCUT2D eigenvalue weighted by molar-refractivity contribution is 0.153. The predicted molar refractivity (Wildman–Crippen MR) is 81.9 cm³/mol. The summed E-state index contributed by atoms with van der Waals surface area (Å²) in [6.45, 7) is 10.2. The zero-order chi connectivity index (χ0) is 13.7. The van der Waals surface area contributed by atoms with E-state index in [1.165, 1.54) is 58.5 Å². The van der Waals surface area contributed by atoms with Gasteiger partial charge < -0.3 is 10.2 Å². The van der Waals surface area contributed by atoms with Crippen LogP contribution in [-0.4, -0.2) is 85.2 Å². The van der Waals surface area contributed by atoms with Crippen LogP contribution in [0, 0.1) is 5.92 Å². The van der Waals surface area contributed by atoms with E-state index in [-0.39, 0.29) is 0 Å². The van der Waals surface area contributed by atoms with Gasteiger partial charge in [-0.2, -0.15) is 0 Å². The van der Waals surface area contributed by atoms with Crippen LogP contribution in [0.3, 0.4) is 0 Å². The van der Waals surface area contributed by atoms with Crippen LogP contribution >= 0.6 is 0 Å². The third-order valence-electron chi connectivity index (χ3n) is 6.48. The summed E-state index contributed by atoms with van der Waals surface area (Å²) in [6, 6.07) is 3.22. The Labute approximate surface area is 123 Å². The highest BCUT2D eigenvalue weighted by atomic mass is 15.3. The number of nitrogens with zero attached hydrogens (tertiary/aromatic N) is 3. The minimum atomic E-state index is 0.729. The highest BCUT2D eigenvalue weighted by Crippen LogP contribution is 2.32. The number of nitrogens with one attached hydrogen (secondary N) is 1. The van der Waals surface area contributed by atoms with Crippen LogP contribution in [0.25, 0.3) is 0 Å². The molecule has 4 heteroatoms. The Morgan fingerprint density at radius 1 is 1.10 bits per heavy atom. The normalized spacial score (nSPS) is 44.1. The first-order valence-corrected chi connectivity index (χ1v) is 8.64. The zero-order valence-corrected chi connectivity index (χ0v) is 13.1. The second-order valence-corrected chi connectivity index (χ2v) is 7.60. The van der Waals surface area contributed by atoms with Crippen LogP contribution in [-0.2, 0) is 0 Å². The van der Waals surface area contributed by atoms with E-state index < -0.39 is 0 Å². The number of likely N-dealkylation sites (N-methyl/N-ethyl adjacent to an activating group) is 1. The maximum Gasteiger partial charge on any atom is 0.0264 e. The SMILES string of the molecule is CC(CN1CCC2C1CCN2C)N1CC2CCNC2C1. The van der Waals surface area contributed by atoms with Crippen molar-refractivity contribution < 1.29 is 0 Å². The van der Waals surface area contributed by atoms with Crippen molar-refractivity contribution in [1.29, 1.82) is 0 Å². The molecule has 0 radical (unpaired) electrons. The summed E-state index contributed by atoms with van der Waals surface area (Å²) < 4.78 is 0. The Hall–Kier alpha value is -0.160. The maximum absolute atomic E-state index is 3.68. The molecule has 0 bridgehead atoms. The maximum atomic E-state index is 3.68. The Bertz CT molecular complexity index is 348. The van der Waals surface area contributed by atoms with E-state index >= 15 is 0 Å². The van der Waals surface area contributed by atoms with Gasteiger partial charge in [-0.1, -0.05) is 0 Å². The van der Waals surface area contributed by atoms with Crippen LogP contribution in [0.1, 0.15) is 26.2 Å². The number of hydrogen-bond acceptors (Lipinski definition) is 4. The van der Waals surface area contributed by atoms with Crippen LogP contribution in [0.5, 0.6) is 0 Å². The summed E-state index contributed by atoms with van der Waals surface area (Å²) in [4.78, 5) is 8.12. The lowest BCUT2D eigenvalue weighted by Crippen LogP contribution is -2.45. The van der Waals surface area contributed by atoms with Crippen LogP contribution in [0.2, 0.25) is 0 Å². The first-order valence-electron chi connectivity index (χ1n) is 8.64. The molecular formula is C16H30N4. The first kappa shape index (κ1) is 13.5. The second-order valence-electron chi connectivity index (χ2n) is 7.60. The average molecular weight is 278 g/mol. The molecule has 0 spiro atoms. The fourth-order valence-electron chi connectivity index (χ4n) is 5.21. The van der Waals surface area contributed by atoms with Gasteiger partial charge in [-0.05, 0) is 52.2 Å². The lowest BCUT2D eigenvalue weighted by atomic mass is 10.1. The minimum Gasteiger partial charge on any atom is -0.312 e. The summed E-state index contributed by atoms with van der Waals surface area (Å²) in [5.74, 6) is 0.932. The molecule has 0 aromatic rings. The van der Waals surface area contributed by atoms with Crippen LogP contribution < -0.4 is 5.32 Å². The van der Waals surface area contributed by atoms with Gasteiger partial charge in [0.15, 0.2) is 0 Å². The van der Waals surface area contributed by atoms with E-state index in [1.54, 1.807) is 0 Å². The van der Waals surface area contributed by atoms with E-state index in [9.17, 15) is 0 Å². The molecule has 4 aliphatic heterocycles. The Kier molecular flexibility index (Phi) is 3.53. The molecule has 1 N–H and O–H groups in total. The summed E-state index contributed by atoms with van der Waals surface area (Å²) in [5, 5.41) is 3.68. The van der Waals surface area contributed by atoms with E-state index in [1.807, 2.05) is 0 Å². The van der Waals surface area contributed by atoms with Gasteiger partial charge in [0.05, 0.1) is 0 Å². The molecule has 4 saturated heterocycles. The molecule has 20 heavy (non-hydrogen) atoms. The molecule has 4 aliphatic rings. The highest BCUT2D eigenvalue weighted by molar-refractivity contribution is 5.00. The monoisotopic (exact) mass is 278 g/mol. The lowest BCUT2D eigenvalue weighted by Gasteiger charge is -2.32. The average Bonchev–Trinajstić information content (AvgIpc) is 3.12. The van der Waals surface area contributed by atoms with Gasteiger partial charge in [0.1, 0.15) is 0 Å². The number of rotatable bonds is 3. The summed E-state index contributed by atoms with van der Waals surface area (Å²) in [6.07, 6.45) is 4.18. The van der Waals surface area contributed by atoms with Crippen molar-refractivity contribution >= 4 is 0 Å². The molecular weight excluding hydrogens is 248 g/mol. The molecule has 5 atom stereocenters. The number of likely N-dealkylation sites (tertiary alicyclic amines) is 3. The zero-order valence-electron chi connectivity index (χ0n) is 13.1. The molecule has 0 saturated carbocycles. The molecule has 4 nitrogen and oxygen atoms in total. The molecule has 4 rings (SSSR count). The fraction of sp³-hybridized carbons (Fsp3) is 1.00. The van der Waals surface area contributed by atoms with E-state index in [4.69, 9.17) is 0 Å². The van der Waals surface area contributed by atoms with E-state index in [0.29, 0.717) is 0 Å². The third kappa shape index (κ3) is 2.21. The second kappa shape index (κ2) is 5.24. The van der Waals surface area contributed by atoms with Crippen LogP contribution in [0.15, 0.2) is 0 Å². The van der Waals surface area contributed by atoms with Crippen molar-refractivity contribution in [3.05, 3.63) is 0 Å². The first-order chi connectivity index (χ1) is 9.72. The molecule has 0 aliphatic carbocycles. The Balaban J connectivity index is 1.33. The summed E-state index contributed by atoms with van der Waals surface area (Å²) in [7, 11) is 2.31. The Morgan fingerprint density at radius 3 is 2.80 bits per heavy atom. The number of fused-ring (bicyclic) bond motifs is 2. The van der Waals surface area contributed by atoms with Gasteiger partial charge in [-0.3, -0.25) is 9.80 Å². The number of hydrogen-bond donors (Lipinski definition) is 1. The minimum absolute atomic E-state index is 0.729. The van der Waals surface area contributed by atoms with Crippen LogP contribution in [0.4, 0.5) is 0 Å². The van der Waals surface area contributed by atoms with Gasteiger partial charge in [-0.25, -0.2) is 0 Å². The van der Waals surface area contributed by atoms with Gasteiger partial charge in [0, 0.05) is 50.3 Å². The molecule has 5 unspecified atom stereocenters. The topological polar surface area (TPSA) is 21.8 Å². The van der Waals surface area contributed by atoms with E-state index in [0.717, 1.165) is 30.1 Å². The van der Waals surface area contributed by atoms with Gasteiger partial charge in [0.2, 0.25) is 0 Å². The third-order valence-corrected chi connectivity index (χ3v) is 6.48. The smallest absolute Gasteiger partial charge is 0.0264 e.